The minimum absolute atomic E-state index is 0.170. The SMILES string of the molecule is CC1(C)C(NS(=O)(=O)c2ccc(O)c(C(=O)O)c2)C1(C)C. The van der Waals surface area contributed by atoms with E-state index in [-0.39, 0.29) is 21.8 Å². The lowest BCUT2D eigenvalue weighted by Crippen LogP contribution is -2.30. The highest BCUT2D eigenvalue weighted by molar-refractivity contribution is 7.89. The van der Waals surface area contributed by atoms with Gasteiger partial charge in [-0.05, 0) is 29.0 Å². The zero-order valence-corrected chi connectivity index (χ0v) is 13.2. The second-order valence-electron chi connectivity index (χ2n) is 6.48. The molecule has 1 aromatic carbocycles. The molecule has 1 aliphatic rings. The molecule has 21 heavy (non-hydrogen) atoms. The summed E-state index contributed by atoms with van der Waals surface area (Å²) in [6, 6.07) is 2.99. The van der Waals surface area contributed by atoms with Gasteiger partial charge in [0.15, 0.2) is 0 Å². The van der Waals surface area contributed by atoms with E-state index in [0.717, 1.165) is 12.1 Å². The van der Waals surface area contributed by atoms with Crippen LogP contribution in [0.25, 0.3) is 0 Å². The van der Waals surface area contributed by atoms with Crippen LogP contribution in [0, 0.1) is 10.8 Å². The van der Waals surface area contributed by atoms with E-state index < -0.39 is 27.3 Å². The Morgan fingerprint density at radius 2 is 1.71 bits per heavy atom. The van der Waals surface area contributed by atoms with E-state index in [1.165, 1.54) is 6.07 Å². The van der Waals surface area contributed by atoms with E-state index in [4.69, 9.17) is 5.11 Å². The van der Waals surface area contributed by atoms with Gasteiger partial charge in [0, 0.05) is 6.04 Å². The second-order valence-corrected chi connectivity index (χ2v) is 8.20. The molecule has 0 aliphatic heterocycles. The van der Waals surface area contributed by atoms with E-state index in [9.17, 15) is 18.3 Å². The molecule has 116 valence electrons. The zero-order chi connectivity index (χ0) is 16.2. The Hall–Kier alpha value is -1.60. The number of hydrogen-bond donors (Lipinski definition) is 3. The van der Waals surface area contributed by atoms with Crippen molar-refractivity contribution in [1.29, 1.82) is 0 Å². The van der Waals surface area contributed by atoms with Crippen molar-refractivity contribution in [1.82, 2.24) is 4.72 Å². The van der Waals surface area contributed by atoms with Crippen molar-refractivity contribution < 1.29 is 23.4 Å². The third-order valence-corrected chi connectivity index (χ3v) is 6.22. The fourth-order valence-corrected chi connectivity index (χ4v) is 4.12. The standard InChI is InChI=1S/C14H19NO5S/c1-13(2)12(14(13,3)4)15-21(19,20)8-5-6-10(16)9(7-8)11(17)18/h5-7,12,15-16H,1-4H3,(H,17,18). The van der Waals surface area contributed by atoms with E-state index in [1.807, 2.05) is 27.7 Å². The molecule has 1 fully saturated rings. The van der Waals surface area contributed by atoms with Gasteiger partial charge in [0.2, 0.25) is 10.0 Å². The molecule has 0 spiro atoms. The summed E-state index contributed by atoms with van der Waals surface area (Å²) in [5.74, 6) is -1.84. The van der Waals surface area contributed by atoms with E-state index in [0.29, 0.717) is 0 Å². The number of aromatic carboxylic acids is 1. The third kappa shape index (κ3) is 2.40. The van der Waals surface area contributed by atoms with Gasteiger partial charge >= 0.3 is 5.97 Å². The molecule has 7 heteroatoms. The van der Waals surface area contributed by atoms with Gasteiger partial charge in [-0.15, -0.1) is 0 Å². The third-order valence-electron chi connectivity index (χ3n) is 4.80. The average molecular weight is 313 g/mol. The first-order valence-corrected chi connectivity index (χ1v) is 7.98. The van der Waals surface area contributed by atoms with Gasteiger partial charge in [-0.3, -0.25) is 0 Å². The fourth-order valence-electron chi connectivity index (χ4n) is 2.57. The number of carboxylic acids is 1. The summed E-state index contributed by atoms with van der Waals surface area (Å²) in [7, 11) is -3.84. The summed E-state index contributed by atoms with van der Waals surface area (Å²) in [5.41, 5.74) is -0.786. The number of benzene rings is 1. The van der Waals surface area contributed by atoms with Crippen molar-refractivity contribution >= 4 is 16.0 Å². The average Bonchev–Trinajstić information content (AvgIpc) is 2.71. The van der Waals surface area contributed by atoms with Crippen molar-refractivity contribution in [3.63, 3.8) is 0 Å². The molecule has 6 nitrogen and oxygen atoms in total. The molecule has 3 N–H and O–H groups in total. The molecule has 0 bridgehead atoms. The Balaban J connectivity index is 2.34. The van der Waals surface area contributed by atoms with Crippen LogP contribution in [-0.2, 0) is 10.0 Å². The van der Waals surface area contributed by atoms with Crippen molar-refractivity contribution in [2.45, 2.75) is 38.6 Å². The Labute approximate surface area is 123 Å². The summed E-state index contributed by atoms with van der Waals surface area (Å²) in [6.07, 6.45) is 0. The molecule has 1 aromatic rings. The summed E-state index contributed by atoms with van der Waals surface area (Å²) < 4.78 is 27.3. The highest BCUT2D eigenvalue weighted by Gasteiger charge is 2.66. The quantitative estimate of drug-likeness (QED) is 0.786. The fraction of sp³-hybridized carbons (Fsp3) is 0.500. The molecule has 0 aromatic heterocycles. The van der Waals surface area contributed by atoms with Crippen LogP contribution < -0.4 is 4.72 Å². The molecule has 0 atom stereocenters. The van der Waals surface area contributed by atoms with E-state index >= 15 is 0 Å². The van der Waals surface area contributed by atoms with E-state index in [2.05, 4.69) is 4.72 Å². The number of aromatic hydroxyl groups is 1. The van der Waals surface area contributed by atoms with Crippen LogP contribution in [0.5, 0.6) is 5.75 Å². The molecule has 0 heterocycles. The van der Waals surface area contributed by atoms with Crippen molar-refractivity contribution in [2.75, 3.05) is 0 Å². The Morgan fingerprint density at radius 1 is 1.19 bits per heavy atom. The minimum Gasteiger partial charge on any atom is -0.507 e. The number of nitrogens with one attached hydrogen (secondary N) is 1. The van der Waals surface area contributed by atoms with E-state index in [1.54, 1.807) is 0 Å². The summed E-state index contributed by atoms with van der Waals surface area (Å²) >= 11 is 0. The minimum atomic E-state index is -3.84. The normalized spacial score (nSPS) is 20.2. The first-order valence-electron chi connectivity index (χ1n) is 6.50. The van der Waals surface area contributed by atoms with Gasteiger partial charge in [0.05, 0.1) is 4.90 Å². The highest BCUT2D eigenvalue weighted by atomic mass is 32.2. The summed E-state index contributed by atoms with van der Waals surface area (Å²) in [4.78, 5) is 10.8. The highest BCUT2D eigenvalue weighted by Crippen LogP contribution is 2.62. The molecular weight excluding hydrogens is 294 g/mol. The number of carboxylic acid groups (broad SMARTS) is 1. The maximum absolute atomic E-state index is 12.4. The molecule has 1 saturated carbocycles. The molecule has 0 radical (unpaired) electrons. The lowest BCUT2D eigenvalue weighted by Gasteiger charge is -2.09. The van der Waals surface area contributed by atoms with Crippen LogP contribution in [0.2, 0.25) is 0 Å². The predicted molar refractivity (Wildman–Crippen MR) is 76.7 cm³/mol. The first kappa shape index (κ1) is 15.8. The van der Waals surface area contributed by atoms with Crippen molar-refractivity contribution in [3.8, 4) is 5.75 Å². The van der Waals surface area contributed by atoms with Gasteiger partial charge < -0.3 is 10.2 Å². The van der Waals surface area contributed by atoms with Crippen LogP contribution in [0.1, 0.15) is 38.1 Å². The molecule has 0 amide bonds. The maximum Gasteiger partial charge on any atom is 0.339 e. The smallest absolute Gasteiger partial charge is 0.339 e. The van der Waals surface area contributed by atoms with Crippen molar-refractivity contribution in [3.05, 3.63) is 23.8 Å². The van der Waals surface area contributed by atoms with Crippen LogP contribution in [0.15, 0.2) is 23.1 Å². The zero-order valence-electron chi connectivity index (χ0n) is 12.3. The molecule has 0 saturated heterocycles. The largest absolute Gasteiger partial charge is 0.507 e. The second kappa shape index (κ2) is 4.45. The first-order chi connectivity index (χ1) is 9.41. The van der Waals surface area contributed by atoms with Crippen molar-refractivity contribution in [2.24, 2.45) is 10.8 Å². The van der Waals surface area contributed by atoms with Crippen LogP contribution in [-0.4, -0.2) is 30.6 Å². The Morgan fingerprint density at radius 3 is 2.14 bits per heavy atom. The lowest BCUT2D eigenvalue weighted by atomic mass is 10.0. The maximum atomic E-state index is 12.4. The summed E-state index contributed by atoms with van der Waals surface area (Å²) in [6.45, 7) is 7.89. The number of phenols is 1. The molecular formula is C14H19NO5S. The predicted octanol–water partition coefficient (Wildman–Crippen LogP) is 1.80. The lowest BCUT2D eigenvalue weighted by molar-refractivity contribution is 0.0693. The summed E-state index contributed by atoms with van der Waals surface area (Å²) in [5, 5.41) is 18.4. The van der Waals surface area contributed by atoms with Gasteiger partial charge in [0.25, 0.3) is 0 Å². The molecule has 1 aliphatic carbocycles. The van der Waals surface area contributed by atoms with Gasteiger partial charge in [-0.2, -0.15) is 0 Å². The Bertz CT molecular complexity index is 692. The molecule has 0 unspecified atom stereocenters. The Kier molecular flexibility index (Phi) is 3.34. The van der Waals surface area contributed by atoms with Gasteiger partial charge in [-0.25, -0.2) is 17.9 Å². The van der Waals surface area contributed by atoms with Gasteiger partial charge in [-0.1, -0.05) is 27.7 Å². The topological polar surface area (TPSA) is 104 Å². The number of carbonyl (C=O) groups is 1. The van der Waals surface area contributed by atoms with Crippen LogP contribution in [0.3, 0.4) is 0 Å². The van der Waals surface area contributed by atoms with Gasteiger partial charge in [0.1, 0.15) is 11.3 Å². The van der Waals surface area contributed by atoms with Crippen LogP contribution in [0.4, 0.5) is 0 Å². The number of sulfonamides is 1. The molecule has 2 rings (SSSR count). The number of hydrogen-bond acceptors (Lipinski definition) is 4. The van der Waals surface area contributed by atoms with Crippen LogP contribution >= 0.6 is 0 Å². The number of rotatable bonds is 4. The monoisotopic (exact) mass is 313 g/mol.